The number of nitrogens with zero attached hydrogens (tertiary/aromatic N) is 2. The lowest BCUT2D eigenvalue weighted by molar-refractivity contribution is 0.161. The number of aromatic nitrogens is 1. The zero-order valence-electron chi connectivity index (χ0n) is 12.5. The van der Waals surface area contributed by atoms with Gasteiger partial charge in [-0.2, -0.15) is 0 Å². The number of thiazole rings is 1. The van der Waals surface area contributed by atoms with E-state index in [0.717, 1.165) is 5.92 Å². The Kier molecular flexibility index (Phi) is 5.79. The summed E-state index contributed by atoms with van der Waals surface area (Å²) >= 11 is 1.76. The Labute approximate surface area is 121 Å². The molecule has 2 atom stereocenters. The first-order chi connectivity index (χ1) is 9.20. The molecular weight excluding hydrogens is 254 g/mol. The summed E-state index contributed by atoms with van der Waals surface area (Å²) in [4.78, 5) is 7.29. The van der Waals surface area contributed by atoms with Gasteiger partial charge in [-0.25, -0.2) is 4.98 Å². The molecule has 1 saturated heterocycles. The van der Waals surface area contributed by atoms with E-state index in [-0.39, 0.29) is 0 Å². The van der Waals surface area contributed by atoms with Gasteiger partial charge in [0.2, 0.25) is 0 Å². The zero-order chi connectivity index (χ0) is 13.7. The van der Waals surface area contributed by atoms with Crippen LogP contribution in [0.1, 0.15) is 49.9 Å². The van der Waals surface area contributed by atoms with Crippen molar-refractivity contribution in [2.24, 2.45) is 5.92 Å². The monoisotopic (exact) mass is 281 g/mol. The fourth-order valence-electron chi connectivity index (χ4n) is 2.90. The zero-order valence-corrected chi connectivity index (χ0v) is 13.3. The van der Waals surface area contributed by atoms with Gasteiger partial charge in [0, 0.05) is 11.9 Å². The van der Waals surface area contributed by atoms with Gasteiger partial charge in [0.05, 0.1) is 16.7 Å². The minimum Gasteiger partial charge on any atom is -0.316 e. The van der Waals surface area contributed by atoms with Gasteiger partial charge in [0.15, 0.2) is 0 Å². The van der Waals surface area contributed by atoms with Gasteiger partial charge in [-0.05, 0) is 58.7 Å². The number of hydrogen-bond donors (Lipinski definition) is 1. The lowest BCUT2D eigenvalue weighted by atomic mass is 9.98. The number of piperidine rings is 1. The van der Waals surface area contributed by atoms with Crippen molar-refractivity contribution >= 4 is 11.3 Å². The van der Waals surface area contributed by atoms with Crippen molar-refractivity contribution in [3.8, 4) is 0 Å². The van der Waals surface area contributed by atoms with Crippen molar-refractivity contribution < 1.29 is 0 Å². The maximum absolute atomic E-state index is 4.67. The molecular formula is C15H27N3S. The van der Waals surface area contributed by atoms with E-state index in [2.05, 4.69) is 41.4 Å². The molecule has 0 bridgehead atoms. The summed E-state index contributed by atoms with van der Waals surface area (Å²) in [6.45, 7) is 11.4. The van der Waals surface area contributed by atoms with E-state index in [1.54, 1.807) is 11.3 Å². The molecule has 3 nitrogen and oxygen atoms in total. The summed E-state index contributed by atoms with van der Waals surface area (Å²) in [7, 11) is 0. The first kappa shape index (κ1) is 14.9. The average molecular weight is 281 g/mol. The Bertz CT molecular complexity index is 371. The Balaban J connectivity index is 1.97. The standard InChI is InChI=1S/C15H27N3S/c1-4-8-18(10-14-6-5-7-16-9-14)12(2)15-11-19-13(3)17-15/h11-12,14,16H,4-10H2,1-3H3. The molecule has 0 spiro atoms. The smallest absolute Gasteiger partial charge is 0.0898 e. The van der Waals surface area contributed by atoms with Gasteiger partial charge in [-0.1, -0.05) is 6.92 Å². The SMILES string of the molecule is CCCN(CC1CCCNC1)C(C)c1csc(C)n1. The third-order valence-electron chi connectivity index (χ3n) is 4.01. The topological polar surface area (TPSA) is 28.2 Å². The molecule has 2 unspecified atom stereocenters. The molecule has 108 valence electrons. The molecule has 2 heterocycles. The van der Waals surface area contributed by atoms with Crippen molar-refractivity contribution in [3.63, 3.8) is 0 Å². The van der Waals surface area contributed by atoms with E-state index in [9.17, 15) is 0 Å². The molecule has 1 N–H and O–H groups in total. The molecule has 0 saturated carbocycles. The van der Waals surface area contributed by atoms with Crippen LogP contribution in [-0.4, -0.2) is 36.1 Å². The van der Waals surface area contributed by atoms with Crippen LogP contribution >= 0.6 is 11.3 Å². The molecule has 1 aromatic heterocycles. The molecule has 0 radical (unpaired) electrons. The van der Waals surface area contributed by atoms with Crippen LogP contribution in [0.2, 0.25) is 0 Å². The second kappa shape index (κ2) is 7.36. The second-order valence-corrected chi connectivity index (χ2v) is 6.74. The van der Waals surface area contributed by atoms with E-state index < -0.39 is 0 Å². The molecule has 0 amide bonds. The molecule has 2 rings (SSSR count). The van der Waals surface area contributed by atoms with Crippen molar-refractivity contribution in [1.29, 1.82) is 0 Å². The molecule has 1 aliphatic heterocycles. The van der Waals surface area contributed by atoms with Gasteiger partial charge < -0.3 is 5.32 Å². The van der Waals surface area contributed by atoms with Crippen LogP contribution in [0, 0.1) is 12.8 Å². The largest absolute Gasteiger partial charge is 0.316 e. The highest BCUT2D eigenvalue weighted by atomic mass is 32.1. The Morgan fingerprint density at radius 3 is 3.00 bits per heavy atom. The molecule has 0 aromatic carbocycles. The van der Waals surface area contributed by atoms with E-state index >= 15 is 0 Å². The number of hydrogen-bond acceptors (Lipinski definition) is 4. The van der Waals surface area contributed by atoms with Crippen LogP contribution in [0.15, 0.2) is 5.38 Å². The van der Waals surface area contributed by atoms with Crippen LogP contribution in [0.4, 0.5) is 0 Å². The lowest BCUT2D eigenvalue weighted by Gasteiger charge is -2.33. The van der Waals surface area contributed by atoms with Gasteiger partial charge in [0.25, 0.3) is 0 Å². The molecule has 1 aromatic rings. The van der Waals surface area contributed by atoms with Gasteiger partial charge in [0.1, 0.15) is 0 Å². The Morgan fingerprint density at radius 1 is 1.58 bits per heavy atom. The maximum Gasteiger partial charge on any atom is 0.0898 e. The van der Waals surface area contributed by atoms with Crippen molar-refractivity contribution in [3.05, 3.63) is 16.1 Å². The van der Waals surface area contributed by atoms with Crippen molar-refractivity contribution in [1.82, 2.24) is 15.2 Å². The molecule has 1 fully saturated rings. The Morgan fingerprint density at radius 2 is 2.42 bits per heavy atom. The van der Waals surface area contributed by atoms with E-state index in [4.69, 9.17) is 0 Å². The van der Waals surface area contributed by atoms with Crippen molar-refractivity contribution in [2.45, 2.75) is 46.1 Å². The van der Waals surface area contributed by atoms with Gasteiger partial charge in [-0.15, -0.1) is 11.3 Å². The van der Waals surface area contributed by atoms with E-state index in [0.29, 0.717) is 6.04 Å². The maximum atomic E-state index is 4.67. The van der Waals surface area contributed by atoms with E-state index in [1.807, 2.05) is 0 Å². The van der Waals surface area contributed by atoms with Crippen LogP contribution in [0.3, 0.4) is 0 Å². The first-order valence-corrected chi connectivity index (χ1v) is 8.45. The third kappa shape index (κ3) is 4.26. The predicted octanol–water partition coefficient (Wildman–Crippen LogP) is 3.22. The van der Waals surface area contributed by atoms with Crippen LogP contribution < -0.4 is 5.32 Å². The summed E-state index contributed by atoms with van der Waals surface area (Å²) in [5.74, 6) is 0.808. The summed E-state index contributed by atoms with van der Waals surface area (Å²) in [6.07, 6.45) is 3.92. The average Bonchev–Trinajstić information content (AvgIpc) is 2.85. The molecule has 19 heavy (non-hydrogen) atoms. The lowest BCUT2D eigenvalue weighted by Crippen LogP contribution is -2.39. The van der Waals surface area contributed by atoms with Crippen LogP contribution in [0.5, 0.6) is 0 Å². The number of aryl methyl sites for hydroxylation is 1. The quantitative estimate of drug-likeness (QED) is 0.868. The van der Waals surface area contributed by atoms with E-state index in [1.165, 1.54) is 56.1 Å². The highest BCUT2D eigenvalue weighted by Gasteiger charge is 2.22. The second-order valence-electron chi connectivity index (χ2n) is 5.67. The molecule has 4 heteroatoms. The first-order valence-electron chi connectivity index (χ1n) is 7.57. The summed E-state index contributed by atoms with van der Waals surface area (Å²) in [6, 6.07) is 0.451. The highest BCUT2D eigenvalue weighted by Crippen LogP contribution is 2.24. The highest BCUT2D eigenvalue weighted by molar-refractivity contribution is 7.09. The minimum absolute atomic E-state index is 0.451. The predicted molar refractivity (Wildman–Crippen MR) is 82.7 cm³/mol. The third-order valence-corrected chi connectivity index (χ3v) is 4.81. The van der Waals surface area contributed by atoms with Crippen LogP contribution in [-0.2, 0) is 0 Å². The normalized spacial score (nSPS) is 21.8. The number of rotatable bonds is 6. The molecule has 0 aliphatic carbocycles. The molecule has 1 aliphatic rings. The van der Waals surface area contributed by atoms with Gasteiger partial charge in [-0.3, -0.25) is 4.90 Å². The van der Waals surface area contributed by atoms with Crippen molar-refractivity contribution in [2.75, 3.05) is 26.2 Å². The fourth-order valence-corrected chi connectivity index (χ4v) is 3.60. The summed E-state index contributed by atoms with van der Waals surface area (Å²) < 4.78 is 0. The Hall–Kier alpha value is -0.450. The minimum atomic E-state index is 0.451. The fraction of sp³-hybridized carbons (Fsp3) is 0.800. The van der Waals surface area contributed by atoms with Gasteiger partial charge >= 0.3 is 0 Å². The summed E-state index contributed by atoms with van der Waals surface area (Å²) in [5, 5.41) is 6.93. The number of nitrogens with one attached hydrogen (secondary N) is 1. The van der Waals surface area contributed by atoms with Crippen LogP contribution in [0.25, 0.3) is 0 Å². The summed E-state index contributed by atoms with van der Waals surface area (Å²) in [5.41, 5.74) is 1.25.